The molecule has 1 atom stereocenters. The maximum atomic E-state index is 12.7. The van der Waals surface area contributed by atoms with Crippen LogP contribution in [0.25, 0.3) is 11.3 Å². The number of nitrogens with zero attached hydrogens (tertiary/aromatic N) is 3. The van der Waals surface area contributed by atoms with Crippen molar-refractivity contribution in [1.82, 2.24) is 25.4 Å². The first kappa shape index (κ1) is 16.5. The van der Waals surface area contributed by atoms with Crippen molar-refractivity contribution in [2.45, 2.75) is 32.6 Å². The van der Waals surface area contributed by atoms with E-state index in [1.807, 2.05) is 42.2 Å². The Kier molecular flexibility index (Phi) is 4.50. The molecule has 0 radical (unpaired) electrons. The third kappa shape index (κ3) is 3.36. The summed E-state index contributed by atoms with van der Waals surface area (Å²) in [6.07, 6.45) is 3.52. The molecule has 3 heterocycles. The zero-order valence-corrected chi connectivity index (χ0v) is 14.6. The molecule has 0 aliphatic carbocycles. The molecule has 0 saturated carbocycles. The predicted octanol–water partition coefficient (Wildman–Crippen LogP) is 2.49. The van der Waals surface area contributed by atoms with Crippen LogP contribution in [0.1, 0.15) is 23.7 Å². The van der Waals surface area contributed by atoms with Crippen molar-refractivity contribution in [3.05, 3.63) is 71.7 Å². The number of aromatic amines is 1. The van der Waals surface area contributed by atoms with Gasteiger partial charge in [-0.2, -0.15) is 5.10 Å². The number of rotatable bonds is 5. The Bertz CT molecular complexity index is 880. The maximum absolute atomic E-state index is 12.7. The second kappa shape index (κ2) is 7.09. The van der Waals surface area contributed by atoms with Crippen LogP contribution in [0.15, 0.2) is 54.9 Å². The first-order chi connectivity index (χ1) is 12.7. The molecule has 1 aromatic carbocycles. The van der Waals surface area contributed by atoms with Crippen molar-refractivity contribution >= 4 is 5.91 Å². The third-order valence-electron chi connectivity index (χ3n) is 4.71. The number of amides is 1. The third-order valence-corrected chi connectivity index (χ3v) is 4.71. The van der Waals surface area contributed by atoms with Gasteiger partial charge in [-0.25, -0.2) is 0 Å². The number of H-pyrrole nitrogens is 1. The zero-order chi connectivity index (χ0) is 17.9. The number of hydrogen-bond donors (Lipinski definition) is 2. The molecule has 2 aromatic heterocycles. The summed E-state index contributed by atoms with van der Waals surface area (Å²) < 4.78 is 0. The summed E-state index contributed by atoms with van der Waals surface area (Å²) in [6.45, 7) is 3.84. The van der Waals surface area contributed by atoms with Crippen molar-refractivity contribution in [3.63, 3.8) is 0 Å². The van der Waals surface area contributed by atoms with Gasteiger partial charge in [-0.15, -0.1) is 0 Å². The fourth-order valence-corrected chi connectivity index (χ4v) is 3.23. The maximum Gasteiger partial charge on any atom is 0.240 e. The molecule has 26 heavy (non-hydrogen) atoms. The molecule has 3 aromatic rings. The van der Waals surface area contributed by atoms with Crippen LogP contribution in [0, 0.1) is 0 Å². The molecule has 0 fully saturated rings. The van der Waals surface area contributed by atoms with Crippen LogP contribution in [0.3, 0.4) is 0 Å². The van der Waals surface area contributed by atoms with Gasteiger partial charge in [-0.3, -0.25) is 14.9 Å². The fourth-order valence-electron chi connectivity index (χ4n) is 3.23. The van der Waals surface area contributed by atoms with Gasteiger partial charge in [0.05, 0.1) is 11.7 Å². The van der Waals surface area contributed by atoms with Crippen LogP contribution in [0.5, 0.6) is 0 Å². The topological polar surface area (TPSA) is 73.9 Å². The van der Waals surface area contributed by atoms with Crippen LogP contribution in [-0.4, -0.2) is 32.0 Å². The molecule has 4 rings (SSSR count). The number of benzene rings is 1. The van der Waals surface area contributed by atoms with Crippen LogP contribution in [0.4, 0.5) is 0 Å². The lowest BCUT2D eigenvalue weighted by Gasteiger charge is -2.21. The molecule has 0 spiro atoms. The summed E-state index contributed by atoms with van der Waals surface area (Å²) in [6, 6.07) is 13.8. The van der Waals surface area contributed by atoms with E-state index in [4.69, 9.17) is 0 Å². The number of hydrogen-bond acceptors (Lipinski definition) is 4. The molecular formula is C20H21N5O. The summed E-state index contributed by atoms with van der Waals surface area (Å²) in [5.74, 6) is 0.119. The lowest BCUT2D eigenvalue weighted by Crippen LogP contribution is -2.42. The highest BCUT2D eigenvalue weighted by Crippen LogP contribution is 2.22. The summed E-state index contributed by atoms with van der Waals surface area (Å²) in [5.41, 5.74) is 5.23. The standard InChI is InChI=1S/C20H21N5O/c1-14(20(26)25-12-16-5-2-3-6-17(16)13-25)22-11-18-9-19(24-23-18)15-7-4-8-21-10-15/h2-10,14,22H,11-13H2,1H3,(H,23,24)/t14-/m0/s1. The van der Waals surface area contributed by atoms with Gasteiger partial charge in [0, 0.05) is 43.3 Å². The van der Waals surface area contributed by atoms with Crippen molar-refractivity contribution < 1.29 is 4.79 Å². The number of carbonyl (C=O) groups is 1. The number of pyridine rings is 1. The van der Waals surface area contributed by atoms with Gasteiger partial charge in [0.1, 0.15) is 0 Å². The number of carbonyl (C=O) groups excluding carboxylic acids is 1. The Balaban J connectivity index is 1.34. The molecule has 1 amide bonds. The highest BCUT2D eigenvalue weighted by atomic mass is 16.2. The average Bonchev–Trinajstić information content (AvgIpc) is 3.33. The van der Waals surface area contributed by atoms with E-state index in [0.717, 1.165) is 17.0 Å². The Morgan fingerprint density at radius 1 is 1.23 bits per heavy atom. The van der Waals surface area contributed by atoms with Crippen LogP contribution >= 0.6 is 0 Å². The molecular weight excluding hydrogens is 326 g/mol. The van der Waals surface area contributed by atoms with Gasteiger partial charge in [-0.1, -0.05) is 24.3 Å². The highest BCUT2D eigenvalue weighted by molar-refractivity contribution is 5.82. The largest absolute Gasteiger partial charge is 0.333 e. The van der Waals surface area contributed by atoms with Gasteiger partial charge in [0.2, 0.25) is 5.91 Å². The summed E-state index contributed by atoms with van der Waals surface area (Å²) >= 11 is 0. The molecule has 2 N–H and O–H groups in total. The van der Waals surface area contributed by atoms with E-state index >= 15 is 0 Å². The van der Waals surface area contributed by atoms with Crippen molar-refractivity contribution in [2.24, 2.45) is 0 Å². The van der Waals surface area contributed by atoms with E-state index in [2.05, 4.69) is 32.6 Å². The van der Waals surface area contributed by atoms with Gasteiger partial charge >= 0.3 is 0 Å². The van der Waals surface area contributed by atoms with E-state index in [-0.39, 0.29) is 11.9 Å². The second-order valence-corrected chi connectivity index (χ2v) is 6.59. The SMILES string of the molecule is C[C@H](NCc1cc(-c2cccnc2)n[nH]1)C(=O)N1Cc2ccccc2C1. The minimum Gasteiger partial charge on any atom is -0.333 e. The first-order valence-electron chi connectivity index (χ1n) is 8.74. The monoisotopic (exact) mass is 347 g/mol. The smallest absolute Gasteiger partial charge is 0.240 e. The lowest BCUT2D eigenvalue weighted by atomic mass is 10.1. The predicted molar refractivity (Wildman–Crippen MR) is 98.8 cm³/mol. The zero-order valence-electron chi connectivity index (χ0n) is 14.6. The van der Waals surface area contributed by atoms with E-state index in [1.54, 1.807) is 12.4 Å². The lowest BCUT2D eigenvalue weighted by molar-refractivity contribution is -0.133. The first-order valence-corrected chi connectivity index (χ1v) is 8.74. The molecule has 0 saturated heterocycles. The quantitative estimate of drug-likeness (QED) is 0.744. The van der Waals surface area contributed by atoms with E-state index in [9.17, 15) is 4.79 Å². The van der Waals surface area contributed by atoms with Gasteiger partial charge < -0.3 is 10.2 Å². The molecule has 0 bridgehead atoms. The second-order valence-electron chi connectivity index (χ2n) is 6.59. The number of nitrogens with one attached hydrogen (secondary N) is 2. The van der Waals surface area contributed by atoms with Gasteiger partial charge in [0.15, 0.2) is 0 Å². The molecule has 1 aliphatic heterocycles. The van der Waals surface area contributed by atoms with E-state index in [1.165, 1.54) is 11.1 Å². The molecule has 0 unspecified atom stereocenters. The molecule has 6 heteroatoms. The molecule has 132 valence electrons. The Hall–Kier alpha value is -2.99. The van der Waals surface area contributed by atoms with Crippen LogP contribution < -0.4 is 5.32 Å². The average molecular weight is 347 g/mol. The fraction of sp³-hybridized carbons (Fsp3) is 0.250. The molecule has 6 nitrogen and oxygen atoms in total. The minimum atomic E-state index is -0.255. The van der Waals surface area contributed by atoms with Crippen molar-refractivity contribution in [2.75, 3.05) is 0 Å². The summed E-state index contributed by atoms with van der Waals surface area (Å²) in [7, 11) is 0. The Morgan fingerprint density at radius 3 is 2.69 bits per heavy atom. The van der Waals surface area contributed by atoms with Gasteiger partial charge in [-0.05, 0) is 36.2 Å². The van der Waals surface area contributed by atoms with Gasteiger partial charge in [0.25, 0.3) is 0 Å². The summed E-state index contributed by atoms with van der Waals surface area (Å²) in [4.78, 5) is 18.7. The van der Waals surface area contributed by atoms with Crippen molar-refractivity contribution in [1.29, 1.82) is 0 Å². The summed E-state index contributed by atoms with van der Waals surface area (Å²) in [5, 5.41) is 10.6. The van der Waals surface area contributed by atoms with E-state index < -0.39 is 0 Å². The van der Waals surface area contributed by atoms with E-state index in [0.29, 0.717) is 19.6 Å². The molecule has 1 aliphatic rings. The van der Waals surface area contributed by atoms with Crippen LogP contribution in [-0.2, 0) is 24.4 Å². The van der Waals surface area contributed by atoms with Crippen LogP contribution in [0.2, 0.25) is 0 Å². The Morgan fingerprint density at radius 2 is 2.00 bits per heavy atom. The number of fused-ring (bicyclic) bond motifs is 1. The Labute approximate surface area is 152 Å². The number of aromatic nitrogens is 3. The highest BCUT2D eigenvalue weighted by Gasteiger charge is 2.26. The minimum absolute atomic E-state index is 0.119. The normalized spacial score (nSPS) is 14.3. The van der Waals surface area contributed by atoms with Crippen molar-refractivity contribution in [3.8, 4) is 11.3 Å².